The van der Waals surface area contributed by atoms with Crippen LogP contribution in [0.5, 0.6) is 0 Å². The zero-order valence-electron chi connectivity index (χ0n) is 52.3. The van der Waals surface area contributed by atoms with Crippen molar-refractivity contribution in [1.29, 1.82) is 0 Å². The number of hydrogen-bond acceptors (Lipinski definition) is 20. The lowest BCUT2D eigenvalue weighted by atomic mass is 10.2. The molecule has 0 aromatic rings. The summed E-state index contributed by atoms with van der Waals surface area (Å²) in [6.45, 7) is 41.5. The predicted octanol–water partition coefficient (Wildman–Crippen LogP) is 10.2. The molecular weight excluding hydrogens is 1060 g/mol. The minimum absolute atomic E-state index is 0.242. The quantitative estimate of drug-likeness (QED) is 0.0239. The molecule has 20 heteroatoms. The molecule has 0 N–H and O–H groups in total. The Morgan fingerprint density at radius 1 is 0.268 bits per heavy atom. The van der Waals surface area contributed by atoms with Gasteiger partial charge in [-0.1, -0.05) is 91.5 Å². The summed E-state index contributed by atoms with van der Waals surface area (Å²) < 4.78 is 83.4. The van der Waals surface area contributed by atoms with Crippen molar-refractivity contribution in [2.45, 2.75) is 144 Å². The van der Waals surface area contributed by atoms with Gasteiger partial charge in [-0.25, -0.2) is 19.2 Å². The molecule has 0 amide bonds. The van der Waals surface area contributed by atoms with Gasteiger partial charge in [-0.05, 0) is 79.1 Å². The van der Waals surface area contributed by atoms with Crippen molar-refractivity contribution in [3.8, 4) is 0 Å². The van der Waals surface area contributed by atoms with Crippen LogP contribution in [0.1, 0.15) is 144 Å². The van der Waals surface area contributed by atoms with Crippen LogP contribution < -0.4 is 0 Å². The van der Waals surface area contributed by atoms with Crippen LogP contribution in [-0.4, -0.2) is 209 Å². The first-order valence-electron chi connectivity index (χ1n) is 30.1. The minimum atomic E-state index is -0.430. The summed E-state index contributed by atoms with van der Waals surface area (Å²) in [7, 11) is 0. The first kappa shape index (κ1) is 84.8. The predicted molar refractivity (Wildman–Crippen MR) is 320 cm³/mol. The van der Waals surface area contributed by atoms with Crippen LogP contribution in [0.15, 0.2) is 49.6 Å². The molecule has 0 atom stereocenters. The normalized spacial score (nSPS) is 10.5. The maximum atomic E-state index is 11.1. The molecule has 0 saturated heterocycles. The molecule has 0 fully saturated rings. The molecule has 0 rings (SSSR count). The molecule has 0 aliphatic rings. The van der Waals surface area contributed by atoms with Crippen molar-refractivity contribution in [2.75, 3.05) is 185 Å². The summed E-state index contributed by atoms with van der Waals surface area (Å²) in [4.78, 5) is 43.6. The Bertz CT molecular complexity index is 1300. The summed E-state index contributed by atoms with van der Waals surface area (Å²) in [5, 5.41) is 0. The van der Waals surface area contributed by atoms with Gasteiger partial charge in [0.25, 0.3) is 0 Å². The van der Waals surface area contributed by atoms with E-state index in [1.807, 2.05) is 13.8 Å². The van der Waals surface area contributed by atoms with Gasteiger partial charge < -0.3 is 75.8 Å². The Morgan fingerprint density at radius 3 is 0.744 bits per heavy atom. The van der Waals surface area contributed by atoms with Crippen LogP contribution in [0.2, 0.25) is 0 Å². The van der Waals surface area contributed by atoms with Gasteiger partial charge >= 0.3 is 23.9 Å². The molecule has 0 aliphatic carbocycles. The zero-order chi connectivity index (χ0) is 61.3. The second kappa shape index (κ2) is 77.4. The second-order valence-corrected chi connectivity index (χ2v) is 18.0. The summed E-state index contributed by atoms with van der Waals surface area (Å²) in [5.74, 6) is -1.47. The Kier molecular flexibility index (Phi) is 80.0. The number of hydrogen-bond donors (Lipinski definition) is 0. The molecule has 0 saturated carbocycles. The second-order valence-electron chi connectivity index (χ2n) is 18.0. The number of rotatable bonds is 60. The number of carbonyl (C=O) groups excluding carboxylic acids is 4. The zero-order valence-corrected chi connectivity index (χ0v) is 52.3. The van der Waals surface area contributed by atoms with Gasteiger partial charge in [0.1, 0.15) is 13.2 Å². The smallest absolute Gasteiger partial charge is 0.333 e. The van der Waals surface area contributed by atoms with Crippen LogP contribution in [0.4, 0.5) is 0 Å². The standard InChI is InChI=1S/2C16H30O5.2C15H28O5/c1-4-18-11-12-20-14-13-19-9-7-5-6-8-10-21-16(17)15(2)3;1-4-5-6-7-8-18-9-10-19-11-12-20-13-14-21-16(17)15(2)3;1-3-15(16)20-10-8-6-5-7-9-18-13-14-19-12-11-17-4-2;1-3-5-6-7-8-17-9-10-18-11-12-19-13-14-20-15(16)4-2/h2*2,4-14H2,1,3H3;3H,1,4-14H2,2H3;4H,2-3,5-14H2,1H3. The molecule has 0 unspecified atom stereocenters. The van der Waals surface area contributed by atoms with Crippen molar-refractivity contribution < 1.29 is 95.0 Å². The van der Waals surface area contributed by atoms with E-state index in [9.17, 15) is 19.2 Å². The highest BCUT2D eigenvalue weighted by Gasteiger charge is 2.04. The fraction of sp³-hybridized carbons (Fsp3) is 0.806. The summed E-state index contributed by atoms with van der Waals surface area (Å²) in [5.41, 5.74) is 0.847. The number of carbonyl (C=O) groups is 4. The fourth-order valence-electron chi connectivity index (χ4n) is 5.93. The van der Waals surface area contributed by atoms with Crippen LogP contribution in [0.25, 0.3) is 0 Å². The van der Waals surface area contributed by atoms with E-state index in [0.29, 0.717) is 143 Å². The van der Waals surface area contributed by atoms with Crippen molar-refractivity contribution in [1.82, 2.24) is 0 Å². The van der Waals surface area contributed by atoms with Crippen LogP contribution >= 0.6 is 0 Å². The Balaban J connectivity index is -0.000000495. The van der Waals surface area contributed by atoms with Gasteiger partial charge in [-0.15, -0.1) is 0 Å². The van der Waals surface area contributed by atoms with E-state index in [0.717, 1.165) is 110 Å². The van der Waals surface area contributed by atoms with Crippen molar-refractivity contribution in [3.05, 3.63) is 49.6 Å². The van der Waals surface area contributed by atoms with Gasteiger partial charge in [0.2, 0.25) is 0 Å². The molecule has 0 heterocycles. The molecule has 82 heavy (non-hydrogen) atoms. The van der Waals surface area contributed by atoms with Crippen molar-refractivity contribution >= 4 is 23.9 Å². The highest BCUT2D eigenvalue weighted by Crippen LogP contribution is 2.04. The van der Waals surface area contributed by atoms with E-state index in [4.69, 9.17) is 75.8 Å². The lowest BCUT2D eigenvalue weighted by Gasteiger charge is -2.07. The third-order valence-electron chi connectivity index (χ3n) is 10.5. The van der Waals surface area contributed by atoms with E-state index < -0.39 is 5.97 Å². The third kappa shape index (κ3) is 82.8. The van der Waals surface area contributed by atoms with E-state index >= 15 is 0 Å². The summed E-state index contributed by atoms with van der Waals surface area (Å²) in [6.07, 6.45) is 20.1. The summed E-state index contributed by atoms with van der Waals surface area (Å²) >= 11 is 0. The maximum Gasteiger partial charge on any atom is 0.333 e. The van der Waals surface area contributed by atoms with Gasteiger partial charge in [0.05, 0.1) is 132 Å². The molecule has 0 bridgehead atoms. The lowest BCUT2D eigenvalue weighted by molar-refractivity contribution is -0.141. The average Bonchev–Trinajstić information content (AvgIpc) is 3.47. The monoisotopic (exact) mass is 1180 g/mol. The summed E-state index contributed by atoms with van der Waals surface area (Å²) in [6, 6.07) is 0. The lowest BCUT2D eigenvalue weighted by Crippen LogP contribution is -2.14. The molecule has 0 aliphatic heterocycles. The van der Waals surface area contributed by atoms with Crippen LogP contribution in [-0.2, 0) is 95.0 Å². The Labute approximate surface area is 496 Å². The SMILES string of the molecule is C=C(C)C(=O)OCCCCCCOCCOCCOCC.C=C(C)C(=O)OCCOCCOCCOCCCCCC.C=CC(=O)OCCCCCCOCCOCCOCC.C=CC(=O)OCCOCCOCCOCCCCCC. The molecular formula is C62H116O20. The van der Waals surface area contributed by atoms with Crippen molar-refractivity contribution in [3.63, 3.8) is 0 Å². The molecule has 0 radical (unpaired) electrons. The first-order chi connectivity index (χ1) is 40.0. The Hall–Kier alpha value is -3.64. The number of unbranched alkanes of at least 4 members (excludes halogenated alkanes) is 12. The molecule has 0 spiro atoms. The highest BCUT2D eigenvalue weighted by atomic mass is 16.6. The minimum Gasteiger partial charge on any atom is -0.463 e. The maximum absolute atomic E-state index is 11.1. The number of esters is 4. The topological polar surface area (TPSA) is 216 Å². The van der Waals surface area contributed by atoms with Gasteiger partial charge in [-0.2, -0.15) is 0 Å². The first-order valence-corrected chi connectivity index (χ1v) is 30.1. The molecule has 484 valence electrons. The Morgan fingerprint density at radius 2 is 0.476 bits per heavy atom. The van der Waals surface area contributed by atoms with Gasteiger partial charge in [0.15, 0.2) is 0 Å². The fourth-order valence-corrected chi connectivity index (χ4v) is 5.93. The molecule has 0 aromatic heterocycles. The third-order valence-corrected chi connectivity index (χ3v) is 10.5. The highest BCUT2D eigenvalue weighted by molar-refractivity contribution is 5.87. The van der Waals surface area contributed by atoms with E-state index in [1.54, 1.807) is 13.8 Å². The van der Waals surface area contributed by atoms with E-state index in [1.165, 1.54) is 44.6 Å². The van der Waals surface area contributed by atoms with E-state index in [-0.39, 0.29) is 31.1 Å². The largest absolute Gasteiger partial charge is 0.463 e. The van der Waals surface area contributed by atoms with E-state index in [2.05, 4.69) is 40.2 Å². The van der Waals surface area contributed by atoms with Crippen LogP contribution in [0, 0.1) is 0 Å². The average molecular weight is 1180 g/mol. The molecule has 20 nitrogen and oxygen atoms in total. The van der Waals surface area contributed by atoms with Crippen molar-refractivity contribution in [2.24, 2.45) is 0 Å². The number of ether oxygens (including phenoxy) is 16. The van der Waals surface area contributed by atoms with Gasteiger partial charge in [-0.3, -0.25) is 0 Å². The molecule has 0 aromatic carbocycles. The van der Waals surface area contributed by atoms with Crippen LogP contribution in [0.3, 0.4) is 0 Å². The van der Waals surface area contributed by atoms with Gasteiger partial charge in [0, 0.05) is 62.9 Å².